The lowest BCUT2D eigenvalue weighted by molar-refractivity contribution is -0.125. The average Bonchev–Trinajstić information content (AvgIpc) is 2.98. The molecule has 0 aromatic carbocycles. The van der Waals surface area contributed by atoms with E-state index in [0.29, 0.717) is 11.2 Å². The molecule has 0 heterocycles. The molecule has 0 aliphatic heterocycles. The Kier molecular flexibility index (Phi) is 1.59. The Morgan fingerprint density at radius 1 is 1.08 bits per heavy atom. The summed E-state index contributed by atoms with van der Waals surface area (Å²) in [6.45, 7) is 0. The van der Waals surface area contributed by atoms with E-state index in [0.717, 1.165) is 24.7 Å². The van der Waals surface area contributed by atoms with Gasteiger partial charge >= 0.3 is 0 Å². The van der Waals surface area contributed by atoms with Gasteiger partial charge in [0.1, 0.15) is 5.78 Å². The molecule has 0 aromatic heterocycles. The van der Waals surface area contributed by atoms with Crippen LogP contribution in [-0.4, -0.2) is 5.78 Å². The highest BCUT2D eigenvalue weighted by molar-refractivity contribution is 5.80. The Morgan fingerprint density at radius 2 is 1.69 bits per heavy atom. The van der Waals surface area contributed by atoms with Crippen LogP contribution in [0.2, 0.25) is 0 Å². The SMILES string of the molecule is O=C1CCCC(C2CC2)(C2CC2)C1. The number of rotatable bonds is 2. The molecule has 0 spiro atoms. The molecule has 0 saturated heterocycles. The van der Waals surface area contributed by atoms with Gasteiger partial charge in [0.25, 0.3) is 0 Å². The van der Waals surface area contributed by atoms with Crippen LogP contribution in [0.3, 0.4) is 0 Å². The van der Waals surface area contributed by atoms with Crippen molar-refractivity contribution in [1.29, 1.82) is 0 Å². The highest BCUT2D eigenvalue weighted by Crippen LogP contribution is 2.63. The average molecular weight is 178 g/mol. The van der Waals surface area contributed by atoms with Crippen LogP contribution in [0.15, 0.2) is 0 Å². The van der Waals surface area contributed by atoms with Crippen molar-refractivity contribution in [2.75, 3.05) is 0 Å². The zero-order valence-corrected chi connectivity index (χ0v) is 8.22. The van der Waals surface area contributed by atoms with Crippen LogP contribution < -0.4 is 0 Å². The van der Waals surface area contributed by atoms with E-state index in [1.807, 2.05) is 0 Å². The third-order valence-electron chi connectivity index (χ3n) is 4.40. The predicted octanol–water partition coefficient (Wildman–Crippen LogP) is 2.94. The Morgan fingerprint density at radius 3 is 2.15 bits per heavy atom. The van der Waals surface area contributed by atoms with E-state index in [1.165, 1.54) is 38.5 Å². The summed E-state index contributed by atoms with van der Waals surface area (Å²) in [7, 11) is 0. The van der Waals surface area contributed by atoms with Gasteiger partial charge in [-0.3, -0.25) is 4.79 Å². The lowest BCUT2D eigenvalue weighted by Crippen LogP contribution is -2.33. The summed E-state index contributed by atoms with van der Waals surface area (Å²) < 4.78 is 0. The molecule has 0 N–H and O–H groups in total. The Labute approximate surface area is 79.9 Å². The van der Waals surface area contributed by atoms with Crippen molar-refractivity contribution in [3.8, 4) is 0 Å². The highest BCUT2D eigenvalue weighted by atomic mass is 16.1. The molecule has 0 amide bonds. The van der Waals surface area contributed by atoms with Crippen molar-refractivity contribution < 1.29 is 4.79 Å². The molecular formula is C12H18O. The Bertz CT molecular complexity index is 224. The van der Waals surface area contributed by atoms with Crippen LogP contribution in [0.25, 0.3) is 0 Å². The summed E-state index contributed by atoms with van der Waals surface area (Å²) in [5.41, 5.74) is 0.523. The number of ketones is 1. The normalized spacial score (nSPS) is 33.4. The fourth-order valence-electron chi connectivity index (χ4n) is 3.51. The molecule has 3 rings (SSSR count). The summed E-state index contributed by atoms with van der Waals surface area (Å²) in [4.78, 5) is 11.5. The standard InChI is InChI=1S/C12H18O/c13-11-2-1-7-12(8-11,9-3-4-9)10-5-6-10/h9-10H,1-8H2. The van der Waals surface area contributed by atoms with E-state index in [2.05, 4.69) is 0 Å². The molecule has 1 heteroatoms. The van der Waals surface area contributed by atoms with Gasteiger partial charge in [0, 0.05) is 12.8 Å². The molecule has 3 aliphatic rings. The minimum Gasteiger partial charge on any atom is -0.300 e. The summed E-state index contributed by atoms with van der Waals surface area (Å²) in [6.07, 6.45) is 10.1. The maximum Gasteiger partial charge on any atom is 0.133 e. The molecule has 13 heavy (non-hydrogen) atoms. The lowest BCUT2D eigenvalue weighted by Gasteiger charge is -2.37. The molecular weight excluding hydrogens is 160 g/mol. The Balaban J connectivity index is 1.83. The molecule has 0 aromatic rings. The molecule has 0 bridgehead atoms. The largest absolute Gasteiger partial charge is 0.300 e. The monoisotopic (exact) mass is 178 g/mol. The second kappa shape index (κ2) is 2.59. The first-order chi connectivity index (χ1) is 6.31. The summed E-state index contributed by atoms with van der Waals surface area (Å²) in [6, 6.07) is 0. The van der Waals surface area contributed by atoms with E-state index in [1.54, 1.807) is 0 Å². The fourth-order valence-corrected chi connectivity index (χ4v) is 3.51. The van der Waals surface area contributed by atoms with Gasteiger partial charge in [-0.05, 0) is 55.8 Å². The molecule has 0 unspecified atom stereocenters. The topological polar surface area (TPSA) is 17.1 Å². The van der Waals surface area contributed by atoms with Gasteiger partial charge < -0.3 is 0 Å². The number of carbonyl (C=O) groups excluding carboxylic acids is 1. The van der Waals surface area contributed by atoms with Crippen molar-refractivity contribution in [2.24, 2.45) is 17.3 Å². The fraction of sp³-hybridized carbons (Fsp3) is 0.917. The van der Waals surface area contributed by atoms with Crippen molar-refractivity contribution in [1.82, 2.24) is 0 Å². The smallest absolute Gasteiger partial charge is 0.133 e. The van der Waals surface area contributed by atoms with Gasteiger partial charge in [-0.2, -0.15) is 0 Å². The first-order valence-corrected chi connectivity index (χ1v) is 5.83. The summed E-state index contributed by atoms with van der Waals surface area (Å²) >= 11 is 0. The first-order valence-electron chi connectivity index (χ1n) is 5.83. The summed E-state index contributed by atoms with van der Waals surface area (Å²) in [5, 5.41) is 0. The lowest BCUT2D eigenvalue weighted by atomic mass is 9.66. The third-order valence-corrected chi connectivity index (χ3v) is 4.40. The maximum absolute atomic E-state index is 11.5. The molecule has 0 radical (unpaired) electrons. The van der Waals surface area contributed by atoms with Crippen LogP contribution in [0, 0.1) is 17.3 Å². The minimum absolute atomic E-state index is 0.523. The molecule has 3 fully saturated rings. The second-order valence-electron chi connectivity index (χ2n) is 5.35. The van der Waals surface area contributed by atoms with E-state index in [4.69, 9.17) is 0 Å². The van der Waals surface area contributed by atoms with Gasteiger partial charge in [-0.15, -0.1) is 0 Å². The van der Waals surface area contributed by atoms with Crippen molar-refractivity contribution in [2.45, 2.75) is 51.4 Å². The van der Waals surface area contributed by atoms with Crippen LogP contribution in [0.5, 0.6) is 0 Å². The first kappa shape index (κ1) is 8.02. The predicted molar refractivity (Wildman–Crippen MR) is 51.4 cm³/mol. The molecule has 72 valence electrons. The van der Waals surface area contributed by atoms with Crippen molar-refractivity contribution in [3.63, 3.8) is 0 Å². The van der Waals surface area contributed by atoms with E-state index in [-0.39, 0.29) is 0 Å². The maximum atomic E-state index is 11.5. The number of hydrogen-bond acceptors (Lipinski definition) is 1. The highest BCUT2D eigenvalue weighted by Gasteiger charge is 2.55. The van der Waals surface area contributed by atoms with Gasteiger partial charge in [0.2, 0.25) is 0 Å². The minimum atomic E-state index is 0.523. The van der Waals surface area contributed by atoms with Crippen LogP contribution in [0.4, 0.5) is 0 Å². The van der Waals surface area contributed by atoms with Gasteiger partial charge in [-0.25, -0.2) is 0 Å². The van der Waals surface area contributed by atoms with E-state index < -0.39 is 0 Å². The van der Waals surface area contributed by atoms with Crippen molar-refractivity contribution in [3.05, 3.63) is 0 Å². The van der Waals surface area contributed by atoms with Crippen LogP contribution >= 0.6 is 0 Å². The van der Waals surface area contributed by atoms with E-state index >= 15 is 0 Å². The number of Topliss-reactive ketones (excluding diaryl/α,β-unsaturated/α-hetero) is 1. The molecule has 3 saturated carbocycles. The van der Waals surface area contributed by atoms with Gasteiger partial charge in [-0.1, -0.05) is 0 Å². The van der Waals surface area contributed by atoms with Gasteiger partial charge in [0.05, 0.1) is 0 Å². The quantitative estimate of drug-likeness (QED) is 0.635. The molecule has 0 atom stereocenters. The van der Waals surface area contributed by atoms with Crippen LogP contribution in [-0.2, 0) is 4.79 Å². The number of carbonyl (C=O) groups is 1. The van der Waals surface area contributed by atoms with Gasteiger partial charge in [0.15, 0.2) is 0 Å². The van der Waals surface area contributed by atoms with E-state index in [9.17, 15) is 4.79 Å². The molecule has 3 aliphatic carbocycles. The third kappa shape index (κ3) is 1.24. The Hall–Kier alpha value is -0.330. The zero-order chi connectivity index (χ0) is 8.89. The molecule has 1 nitrogen and oxygen atoms in total. The summed E-state index contributed by atoms with van der Waals surface area (Å²) in [5.74, 6) is 2.46. The van der Waals surface area contributed by atoms with Crippen LogP contribution in [0.1, 0.15) is 51.4 Å². The zero-order valence-electron chi connectivity index (χ0n) is 8.22. The number of hydrogen-bond donors (Lipinski definition) is 0. The second-order valence-corrected chi connectivity index (χ2v) is 5.35. The van der Waals surface area contributed by atoms with Crippen molar-refractivity contribution >= 4 is 5.78 Å².